The first-order valence-corrected chi connectivity index (χ1v) is 12.3. The minimum Gasteiger partial charge on any atom is -0.454 e. The van der Waals surface area contributed by atoms with Gasteiger partial charge in [-0.1, -0.05) is 65.9 Å². The first kappa shape index (κ1) is 23.0. The van der Waals surface area contributed by atoms with Crippen molar-refractivity contribution >= 4 is 23.4 Å². The van der Waals surface area contributed by atoms with E-state index in [0.717, 1.165) is 45.3 Å². The predicted molar refractivity (Wildman–Crippen MR) is 137 cm³/mol. The normalized spacial score (nSPS) is 12.1. The molecule has 0 fully saturated rings. The summed E-state index contributed by atoms with van der Waals surface area (Å²) in [5, 5.41) is 12.6. The van der Waals surface area contributed by atoms with E-state index in [9.17, 15) is 4.79 Å². The van der Waals surface area contributed by atoms with E-state index in [4.69, 9.17) is 9.47 Å². The van der Waals surface area contributed by atoms with Gasteiger partial charge in [-0.3, -0.25) is 9.36 Å². The number of carbonyl (C=O) groups excluding carboxylic acids is 1. The number of thioether (sulfide) groups is 1. The van der Waals surface area contributed by atoms with Gasteiger partial charge in [-0.2, -0.15) is 0 Å². The van der Waals surface area contributed by atoms with Crippen LogP contribution in [0.15, 0.2) is 65.8 Å². The largest absolute Gasteiger partial charge is 0.454 e. The van der Waals surface area contributed by atoms with Crippen molar-refractivity contribution in [1.29, 1.82) is 0 Å². The van der Waals surface area contributed by atoms with Gasteiger partial charge >= 0.3 is 0 Å². The topological polar surface area (TPSA) is 78.3 Å². The van der Waals surface area contributed by atoms with Crippen LogP contribution in [0.4, 0.5) is 5.69 Å². The van der Waals surface area contributed by atoms with E-state index in [0.29, 0.717) is 11.7 Å². The van der Waals surface area contributed by atoms with Crippen molar-refractivity contribution in [2.45, 2.75) is 32.5 Å². The molecule has 2 heterocycles. The Labute approximate surface area is 208 Å². The summed E-state index contributed by atoms with van der Waals surface area (Å²) in [6, 6.07) is 20.0. The average molecular weight is 487 g/mol. The second-order valence-electron chi connectivity index (χ2n) is 8.56. The number of hydrogen-bond donors (Lipinski definition) is 1. The van der Waals surface area contributed by atoms with Gasteiger partial charge in [0.1, 0.15) is 0 Å². The van der Waals surface area contributed by atoms with Gasteiger partial charge in [0.2, 0.25) is 12.7 Å². The number of amides is 1. The molecule has 0 unspecified atom stereocenters. The zero-order chi connectivity index (χ0) is 24.4. The minimum atomic E-state index is -0.0797. The Morgan fingerprint density at radius 3 is 2.49 bits per heavy atom. The summed E-state index contributed by atoms with van der Waals surface area (Å²) in [7, 11) is 0. The van der Waals surface area contributed by atoms with Gasteiger partial charge in [0, 0.05) is 11.3 Å². The molecule has 7 nitrogen and oxygen atoms in total. The molecule has 3 aromatic carbocycles. The lowest BCUT2D eigenvalue weighted by atomic mass is 10.1. The summed E-state index contributed by atoms with van der Waals surface area (Å²) in [5.74, 6) is 2.37. The molecule has 0 radical (unpaired) electrons. The van der Waals surface area contributed by atoms with Crippen molar-refractivity contribution in [3.63, 3.8) is 0 Å². The molecule has 1 N–H and O–H groups in total. The summed E-state index contributed by atoms with van der Waals surface area (Å²) < 4.78 is 13.0. The summed E-state index contributed by atoms with van der Waals surface area (Å²) in [4.78, 5) is 12.8. The van der Waals surface area contributed by atoms with Crippen molar-refractivity contribution in [3.05, 3.63) is 82.9 Å². The zero-order valence-electron chi connectivity index (χ0n) is 19.9. The Morgan fingerprint density at radius 1 is 0.971 bits per heavy atom. The van der Waals surface area contributed by atoms with Crippen LogP contribution in [-0.4, -0.2) is 33.2 Å². The maximum Gasteiger partial charge on any atom is 0.234 e. The molecule has 1 aliphatic rings. The molecule has 0 atom stereocenters. The molecule has 8 heteroatoms. The van der Waals surface area contributed by atoms with E-state index >= 15 is 0 Å². The van der Waals surface area contributed by atoms with Crippen LogP contribution in [0.1, 0.15) is 22.3 Å². The van der Waals surface area contributed by atoms with Gasteiger partial charge in [0.05, 0.1) is 12.3 Å². The molecular formula is C27H26N4O3S. The fraction of sp³-hybridized carbons (Fsp3) is 0.222. The lowest BCUT2D eigenvalue weighted by Gasteiger charge is -2.13. The SMILES string of the molecule is Cc1cc(C)c(NC(=O)CSc2nnc(-c3ccccc3)n2Cc2ccc3c(c2)OCO3)c(C)c1. The molecule has 4 aromatic rings. The van der Waals surface area contributed by atoms with Crippen molar-refractivity contribution < 1.29 is 14.3 Å². The van der Waals surface area contributed by atoms with Crippen molar-refractivity contribution in [3.8, 4) is 22.9 Å². The van der Waals surface area contributed by atoms with E-state index in [1.165, 1.54) is 17.3 Å². The Morgan fingerprint density at radius 2 is 1.71 bits per heavy atom. The summed E-state index contributed by atoms with van der Waals surface area (Å²) in [5.41, 5.74) is 6.15. The predicted octanol–water partition coefficient (Wildman–Crippen LogP) is 5.38. The number of fused-ring (bicyclic) bond motifs is 1. The highest BCUT2D eigenvalue weighted by molar-refractivity contribution is 7.99. The highest BCUT2D eigenvalue weighted by atomic mass is 32.2. The summed E-state index contributed by atoms with van der Waals surface area (Å²) in [6.45, 7) is 6.84. The van der Waals surface area contributed by atoms with Crippen LogP contribution in [0.2, 0.25) is 0 Å². The number of nitrogens with zero attached hydrogens (tertiary/aromatic N) is 3. The molecule has 0 saturated carbocycles. The van der Waals surface area contributed by atoms with Crippen LogP contribution in [0.25, 0.3) is 11.4 Å². The number of aromatic nitrogens is 3. The van der Waals surface area contributed by atoms with Gasteiger partial charge in [0.15, 0.2) is 22.5 Å². The molecule has 0 aliphatic carbocycles. The minimum absolute atomic E-state index is 0.0797. The van der Waals surface area contributed by atoms with E-state index < -0.39 is 0 Å². The van der Waals surface area contributed by atoms with Gasteiger partial charge in [-0.15, -0.1) is 10.2 Å². The third kappa shape index (κ3) is 5.02. The van der Waals surface area contributed by atoms with E-state index in [-0.39, 0.29) is 18.5 Å². The first-order chi connectivity index (χ1) is 17.0. The number of anilines is 1. The van der Waals surface area contributed by atoms with Crippen molar-refractivity contribution in [2.24, 2.45) is 0 Å². The van der Waals surface area contributed by atoms with Gasteiger partial charge < -0.3 is 14.8 Å². The van der Waals surface area contributed by atoms with Crippen molar-refractivity contribution in [1.82, 2.24) is 14.8 Å². The first-order valence-electron chi connectivity index (χ1n) is 11.4. The molecular weight excluding hydrogens is 460 g/mol. The Kier molecular flexibility index (Phi) is 6.46. The number of ether oxygens (including phenoxy) is 2. The van der Waals surface area contributed by atoms with Crippen LogP contribution in [0.3, 0.4) is 0 Å². The van der Waals surface area contributed by atoms with E-state index in [1.54, 1.807) is 0 Å². The summed E-state index contributed by atoms with van der Waals surface area (Å²) in [6.07, 6.45) is 0. The second kappa shape index (κ2) is 9.84. The maximum atomic E-state index is 12.8. The number of rotatable bonds is 7. The van der Waals surface area contributed by atoms with E-state index in [1.807, 2.05) is 66.9 Å². The highest BCUT2D eigenvalue weighted by Gasteiger charge is 2.19. The Hall–Kier alpha value is -3.78. The fourth-order valence-corrected chi connectivity index (χ4v) is 4.98. The molecule has 178 valence electrons. The fourth-order valence-electron chi connectivity index (χ4n) is 4.24. The summed E-state index contributed by atoms with van der Waals surface area (Å²) >= 11 is 1.37. The zero-order valence-corrected chi connectivity index (χ0v) is 20.7. The lowest BCUT2D eigenvalue weighted by molar-refractivity contribution is -0.113. The lowest BCUT2D eigenvalue weighted by Crippen LogP contribution is -2.16. The third-order valence-corrected chi connectivity index (χ3v) is 6.77. The van der Waals surface area contributed by atoms with Crippen molar-refractivity contribution in [2.75, 3.05) is 17.9 Å². The highest BCUT2D eigenvalue weighted by Crippen LogP contribution is 2.34. The number of nitrogens with one attached hydrogen (secondary N) is 1. The van der Waals surface area contributed by atoms with Gasteiger partial charge in [-0.05, 0) is 49.6 Å². The number of aryl methyl sites for hydroxylation is 3. The van der Waals surface area contributed by atoms with E-state index in [2.05, 4.69) is 34.6 Å². The van der Waals surface area contributed by atoms with Crippen LogP contribution in [0.5, 0.6) is 11.5 Å². The van der Waals surface area contributed by atoms with Gasteiger partial charge in [-0.25, -0.2) is 0 Å². The Bertz CT molecular complexity index is 1360. The molecule has 35 heavy (non-hydrogen) atoms. The smallest absolute Gasteiger partial charge is 0.234 e. The molecule has 1 aromatic heterocycles. The van der Waals surface area contributed by atoms with Crippen LogP contribution in [-0.2, 0) is 11.3 Å². The molecule has 1 aliphatic heterocycles. The monoisotopic (exact) mass is 486 g/mol. The molecule has 0 spiro atoms. The second-order valence-corrected chi connectivity index (χ2v) is 9.50. The molecule has 5 rings (SSSR count). The molecule has 0 saturated heterocycles. The Balaban J connectivity index is 1.38. The maximum absolute atomic E-state index is 12.8. The molecule has 1 amide bonds. The van der Waals surface area contributed by atoms with Gasteiger partial charge in [0.25, 0.3) is 0 Å². The number of hydrogen-bond acceptors (Lipinski definition) is 6. The number of carbonyl (C=O) groups is 1. The van der Waals surface area contributed by atoms with Crippen LogP contribution in [0, 0.1) is 20.8 Å². The van der Waals surface area contributed by atoms with Crippen LogP contribution < -0.4 is 14.8 Å². The standard InChI is InChI=1S/C27H26N4O3S/c1-17-11-18(2)25(19(3)12-17)28-24(32)15-35-27-30-29-26(21-7-5-4-6-8-21)31(27)14-20-9-10-22-23(13-20)34-16-33-22/h4-13H,14-16H2,1-3H3,(H,28,32). The average Bonchev–Trinajstić information content (AvgIpc) is 3.47. The third-order valence-electron chi connectivity index (χ3n) is 5.80. The molecule has 0 bridgehead atoms. The quantitative estimate of drug-likeness (QED) is 0.354. The van der Waals surface area contributed by atoms with Crippen LogP contribution >= 0.6 is 11.8 Å². The number of benzene rings is 3.